The van der Waals surface area contributed by atoms with Crippen molar-refractivity contribution in [3.05, 3.63) is 0 Å². The first-order valence-corrected chi connectivity index (χ1v) is 5.89. The van der Waals surface area contributed by atoms with E-state index in [9.17, 15) is 4.79 Å². The van der Waals surface area contributed by atoms with E-state index in [1.165, 1.54) is 11.8 Å². The minimum Gasteiger partial charge on any atom is -0.461 e. The maximum absolute atomic E-state index is 11.3. The average Bonchev–Trinajstić information content (AvgIpc) is 2.12. The van der Waals surface area contributed by atoms with Crippen LogP contribution in [-0.2, 0) is 14.4 Å². The average molecular weight is 219 g/mol. The SMILES string of the molecule is CCOC(=O)C(CSC)=NOC(C)C. The smallest absolute Gasteiger partial charge is 0.356 e. The maximum Gasteiger partial charge on any atom is 0.356 e. The normalized spacial score (nSPS) is 11.6. The molecule has 0 aromatic carbocycles. The van der Waals surface area contributed by atoms with E-state index in [2.05, 4.69) is 5.16 Å². The highest BCUT2D eigenvalue weighted by atomic mass is 32.2. The molecule has 0 N–H and O–H groups in total. The van der Waals surface area contributed by atoms with Crippen LogP contribution in [0.15, 0.2) is 5.16 Å². The van der Waals surface area contributed by atoms with Crippen LogP contribution in [0.25, 0.3) is 0 Å². The van der Waals surface area contributed by atoms with Gasteiger partial charge in [-0.15, -0.1) is 0 Å². The van der Waals surface area contributed by atoms with E-state index in [4.69, 9.17) is 9.57 Å². The Kier molecular flexibility index (Phi) is 7.28. The fourth-order valence-electron chi connectivity index (χ4n) is 0.643. The molecular weight excluding hydrogens is 202 g/mol. The first-order chi connectivity index (χ1) is 6.61. The molecule has 0 spiro atoms. The molecule has 0 aliphatic carbocycles. The van der Waals surface area contributed by atoms with E-state index < -0.39 is 5.97 Å². The number of nitrogens with zero attached hydrogens (tertiary/aromatic N) is 1. The standard InChI is InChI=1S/C9H17NO3S/c1-5-12-9(11)8(6-14-4)10-13-7(2)3/h7H,5-6H2,1-4H3. The largest absolute Gasteiger partial charge is 0.461 e. The molecule has 0 radical (unpaired) electrons. The van der Waals surface area contributed by atoms with Gasteiger partial charge in [0.25, 0.3) is 0 Å². The van der Waals surface area contributed by atoms with Crippen molar-refractivity contribution in [2.45, 2.75) is 26.9 Å². The minimum absolute atomic E-state index is 0.0266. The molecule has 5 heteroatoms. The topological polar surface area (TPSA) is 47.9 Å². The summed E-state index contributed by atoms with van der Waals surface area (Å²) in [6.07, 6.45) is 1.87. The van der Waals surface area contributed by atoms with E-state index in [-0.39, 0.29) is 6.10 Å². The predicted molar refractivity (Wildman–Crippen MR) is 58.7 cm³/mol. The molecule has 0 aliphatic rings. The van der Waals surface area contributed by atoms with E-state index in [1.54, 1.807) is 6.92 Å². The van der Waals surface area contributed by atoms with Crippen LogP contribution in [0.4, 0.5) is 0 Å². The van der Waals surface area contributed by atoms with Crippen molar-refractivity contribution in [3.63, 3.8) is 0 Å². The number of carbonyl (C=O) groups is 1. The molecule has 0 fully saturated rings. The zero-order valence-corrected chi connectivity index (χ0v) is 9.89. The van der Waals surface area contributed by atoms with Crippen LogP contribution in [0.5, 0.6) is 0 Å². The molecule has 0 bridgehead atoms. The molecule has 14 heavy (non-hydrogen) atoms. The van der Waals surface area contributed by atoms with Gasteiger partial charge >= 0.3 is 5.97 Å². The van der Waals surface area contributed by atoms with Crippen LogP contribution in [0.3, 0.4) is 0 Å². The van der Waals surface area contributed by atoms with Gasteiger partial charge in [0.05, 0.1) is 6.61 Å². The number of hydrogen-bond acceptors (Lipinski definition) is 5. The molecule has 0 aromatic heterocycles. The van der Waals surface area contributed by atoms with Crippen LogP contribution in [-0.4, -0.2) is 36.4 Å². The maximum atomic E-state index is 11.3. The van der Waals surface area contributed by atoms with Gasteiger partial charge in [0, 0.05) is 5.75 Å². The highest BCUT2D eigenvalue weighted by Gasteiger charge is 2.12. The van der Waals surface area contributed by atoms with Gasteiger partial charge in [-0.1, -0.05) is 5.16 Å². The summed E-state index contributed by atoms with van der Waals surface area (Å²) in [7, 11) is 0. The third-order valence-electron chi connectivity index (χ3n) is 1.17. The minimum atomic E-state index is -0.400. The molecule has 0 saturated carbocycles. The molecular formula is C9H17NO3S. The summed E-state index contributed by atoms with van der Waals surface area (Å²) < 4.78 is 4.83. The van der Waals surface area contributed by atoms with Crippen molar-refractivity contribution >= 4 is 23.4 Å². The van der Waals surface area contributed by atoms with Gasteiger partial charge in [-0.2, -0.15) is 11.8 Å². The van der Waals surface area contributed by atoms with Crippen LogP contribution in [0, 0.1) is 0 Å². The number of esters is 1. The Labute approximate surface area is 89.0 Å². The monoisotopic (exact) mass is 219 g/mol. The Morgan fingerprint density at radius 2 is 2.14 bits per heavy atom. The molecule has 0 rings (SSSR count). The Morgan fingerprint density at radius 1 is 1.50 bits per heavy atom. The number of carbonyl (C=O) groups excluding carboxylic acids is 1. The molecule has 0 aliphatic heterocycles. The van der Waals surface area contributed by atoms with Crippen LogP contribution in [0.1, 0.15) is 20.8 Å². The van der Waals surface area contributed by atoms with Crippen molar-refractivity contribution < 1.29 is 14.4 Å². The van der Waals surface area contributed by atoms with Crippen LogP contribution >= 0.6 is 11.8 Å². The Hall–Kier alpha value is -0.710. The summed E-state index contributed by atoms with van der Waals surface area (Å²) >= 11 is 1.50. The Morgan fingerprint density at radius 3 is 2.57 bits per heavy atom. The first kappa shape index (κ1) is 13.3. The van der Waals surface area contributed by atoms with E-state index in [0.29, 0.717) is 18.1 Å². The number of hydrogen-bond donors (Lipinski definition) is 0. The zero-order valence-electron chi connectivity index (χ0n) is 9.07. The van der Waals surface area contributed by atoms with E-state index in [0.717, 1.165) is 0 Å². The Bertz CT molecular complexity index is 204. The number of ether oxygens (including phenoxy) is 1. The first-order valence-electron chi connectivity index (χ1n) is 4.50. The third kappa shape index (κ3) is 5.85. The highest BCUT2D eigenvalue weighted by molar-refractivity contribution is 7.99. The van der Waals surface area contributed by atoms with Gasteiger partial charge in [-0.3, -0.25) is 0 Å². The molecule has 4 nitrogen and oxygen atoms in total. The third-order valence-corrected chi connectivity index (χ3v) is 1.73. The lowest BCUT2D eigenvalue weighted by molar-refractivity contribution is -0.135. The zero-order chi connectivity index (χ0) is 11.0. The molecule has 0 amide bonds. The van der Waals surface area contributed by atoms with Gasteiger partial charge in [0.1, 0.15) is 6.10 Å². The lowest BCUT2D eigenvalue weighted by Gasteiger charge is -2.06. The second-order valence-electron chi connectivity index (χ2n) is 2.85. The van der Waals surface area contributed by atoms with Crippen molar-refractivity contribution in [1.29, 1.82) is 0 Å². The lowest BCUT2D eigenvalue weighted by atomic mass is 10.4. The van der Waals surface area contributed by atoms with E-state index in [1.807, 2.05) is 20.1 Å². The Balaban J connectivity index is 4.25. The summed E-state index contributed by atoms with van der Waals surface area (Å²) in [4.78, 5) is 16.3. The summed E-state index contributed by atoms with van der Waals surface area (Å²) in [6, 6.07) is 0. The van der Waals surface area contributed by atoms with Gasteiger partial charge in [0.2, 0.25) is 0 Å². The molecule has 82 valence electrons. The van der Waals surface area contributed by atoms with Crippen molar-refractivity contribution in [2.75, 3.05) is 18.6 Å². The molecule has 0 unspecified atom stereocenters. The van der Waals surface area contributed by atoms with Gasteiger partial charge in [0.15, 0.2) is 5.71 Å². The number of thioether (sulfide) groups is 1. The fourth-order valence-corrected chi connectivity index (χ4v) is 1.09. The van der Waals surface area contributed by atoms with Gasteiger partial charge in [-0.25, -0.2) is 4.79 Å². The highest BCUT2D eigenvalue weighted by Crippen LogP contribution is 1.99. The second-order valence-corrected chi connectivity index (χ2v) is 3.71. The predicted octanol–water partition coefficient (Wildman–Crippen LogP) is 1.69. The summed E-state index contributed by atoms with van der Waals surface area (Å²) in [5.41, 5.74) is 0.327. The second kappa shape index (κ2) is 7.67. The fraction of sp³-hybridized carbons (Fsp3) is 0.778. The number of oxime groups is 1. The lowest BCUT2D eigenvalue weighted by Crippen LogP contribution is -2.20. The number of rotatable bonds is 6. The van der Waals surface area contributed by atoms with Crippen LogP contribution in [0.2, 0.25) is 0 Å². The van der Waals surface area contributed by atoms with Crippen LogP contribution < -0.4 is 0 Å². The van der Waals surface area contributed by atoms with Crippen molar-refractivity contribution in [3.8, 4) is 0 Å². The van der Waals surface area contributed by atoms with Gasteiger partial charge in [-0.05, 0) is 27.0 Å². The molecule has 0 atom stereocenters. The van der Waals surface area contributed by atoms with Crippen molar-refractivity contribution in [1.82, 2.24) is 0 Å². The van der Waals surface area contributed by atoms with E-state index >= 15 is 0 Å². The quantitative estimate of drug-likeness (QED) is 0.387. The summed E-state index contributed by atoms with van der Waals surface area (Å²) in [6.45, 7) is 5.82. The van der Waals surface area contributed by atoms with Crippen molar-refractivity contribution in [2.24, 2.45) is 5.16 Å². The molecule has 0 heterocycles. The van der Waals surface area contributed by atoms with Gasteiger partial charge < -0.3 is 9.57 Å². The summed E-state index contributed by atoms with van der Waals surface area (Å²) in [5.74, 6) is 0.105. The summed E-state index contributed by atoms with van der Waals surface area (Å²) in [5, 5.41) is 3.75. The molecule has 0 aromatic rings. The molecule has 0 saturated heterocycles.